The summed E-state index contributed by atoms with van der Waals surface area (Å²) in [7, 11) is -2.30. The van der Waals surface area contributed by atoms with E-state index in [2.05, 4.69) is 31.0 Å². The number of carbonyl (C=O) groups excluding carboxylic acids is 2. The first-order valence-electron chi connectivity index (χ1n) is 24.7. The third kappa shape index (κ3) is 10.3. The maximum absolute atomic E-state index is 15.2. The molecule has 0 radical (unpaired) electrons. The number of alkyl halides is 1. The van der Waals surface area contributed by atoms with Gasteiger partial charge < -0.3 is 29.7 Å². The van der Waals surface area contributed by atoms with Crippen LogP contribution in [0, 0.1) is 23.6 Å². The first-order valence-corrected chi connectivity index (χ1v) is 26.2. The Bertz CT molecular complexity index is 2110. The molecule has 0 spiro atoms. The number of benzene rings is 2. The summed E-state index contributed by atoms with van der Waals surface area (Å²) in [6.07, 6.45) is 13.1. The second-order valence-electron chi connectivity index (χ2n) is 20.4. The van der Waals surface area contributed by atoms with Gasteiger partial charge in [-0.05, 0) is 144 Å². The van der Waals surface area contributed by atoms with E-state index in [9.17, 15) is 22.4 Å². The number of likely N-dealkylation sites (tertiary alicyclic amines) is 5. The number of nitrogens with zero attached hydrogens (tertiary/aromatic N) is 6. The Kier molecular flexibility index (Phi) is 14.5. The molecule has 0 bridgehead atoms. The number of methoxy groups -OCH3 is 1. The molecule has 0 aromatic heterocycles. The van der Waals surface area contributed by atoms with Gasteiger partial charge in [-0.25, -0.2) is 22.0 Å². The van der Waals surface area contributed by atoms with E-state index in [1.54, 1.807) is 29.2 Å². The van der Waals surface area contributed by atoms with Crippen LogP contribution in [0.4, 0.5) is 19.3 Å². The average molecular weight is 920 g/mol. The molecule has 12 nitrogen and oxygen atoms in total. The van der Waals surface area contributed by atoms with Gasteiger partial charge in [-0.15, -0.1) is 0 Å². The monoisotopic (exact) mass is 920 g/mol. The van der Waals surface area contributed by atoms with Crippen LogP contribution in [-0.4, -0.2) is 168 Å². The van der Waals surface area contributed by atoms with E-state index in [4.69, 9.17) is 4.74 Å². The van der Waals surface area contributed by atoms with Crippen LogP contribution in [-0.2, 0) is 31.3 Å². The zero-order valence-electron chi connectivity index (χ0n) is 38.4. The van der Waals surface area contributed by atoms with Crippen molar-refractivity contribution < 1.29 is 31.5 Å². The summed E-state index contributed by atoms with van der Waals surface area (Å²) in [6, 6.07) is 13.0. The van der Waals surface area contributed by atoms with Crippen molar-refractivity contribution in [2.24, 2.45) is 17.8 Å². The Morgan fingerprint density at radius 3 is 2.25 bits per heavy atom. The van der Waals surface area contributed by atoms with Crippen LogP contribution < -0.4 is 10.2 Å². The molecule has 6 aliphatic heterocycles. The van der Waals surface area contributed by atoms with E-state index >= 15 is 4.39 Å². The molecular weight excluding hydrogens is 849 g/mol. The fourth-order valence-electron chi connectivity index (χ4n) is 12.6. The minimum Gasteiger partial charge on any atom is -0.453 e. The van der Waals surface area contributed by atoms with Gasteiger partial charge in [0.1, 0.15) is 17.2 Å². The largest absolute Gasteiger partial charge is 0.453 e. The number of sulfone groups is 1. The number of alkyl carbamates (subject to hydrolysis) is 1. The van der Waals surface area contributed by atoms with E-state index < -0.39 is 27.4 Å². The fourth-order valence-corrected chi connectivity index (χ4v) is 14.5. The Hall–Kier alpha value is -3.63. The maximum atomic E-state index is 15.2. The topological polar surface area (TPSA) is 109 Å². The van der Waals surface area contributed by atoms with Crippen LogP contribution in [0.5, 0.6) is 0 Å². The molecule has 7 fully saturated rings. The Labute approximate surface area is 385 Å². The van der Waals surface area contributed by atoms with Crippen molar-refractivity contribution in [3.63, 3.8) is 0 Å². The van der Waals surface area contributed by atoms with Crippen molar-refractivity contribution >= 4 is 27.5 Å². The van der Waals surface area contributed by atoms with Crippen LogP contribution in [0.2, 0.25) is 0 Å². The van der Waals surface area contributed by atoms with Gasteiger partial charge in [-0.3, -0.25) is 14.6 Å². The van der Waals surface area contributed by atoms with Crippen molar-refractivity contribution in [1.82, 2.24) is 29.8 Å². The summed E-state index contributed by atoms with van der Waals surface area (Å²) in [4.78, 5) is 39.3. The highest BCUT2D eigenvalue weighted by Gasteiger charge is 2.53. The summed E-state index contributed by atoms with van der Waals surface area (Å²) in [6.45, 7) is 11.8. The zero-order valence-corrected chi connectivity index (χ0v) is 39.3. The predicted molar refractivity (Wildman–Crippen MR) is 249 cm³/mol. The lowest BCUT2D eigenvalue weighted by molar-refractivity contribution is -0.129. The first-order chi connectivity index (χ1) is 31.5. The van der Waals surface area contributed by atoms with Gasteiger partial charge in [0.15, 0.2) is 9.84 Å². The van der Waals surface area contributed by atoms with Gasteiger partial charge in [-0.2, -0.15) is 0 Å². The minimum atomic E-state index is -3.72. The molecule has 6 saturated heterocycles. The predicted octanol–water partition coefficient (Wildman–Crippen LogP) is 5.71. The van der Waals surface area contributed by atoms with Gasteiger partial charge in [0, 0.05) is 94.6 Å². The quantitative estimate of drug-likeness (QED) is 0.211. The molecule has 2 aromatic carbocycles. The van der Waals surface area contributed by atoms with Crippen molar-refractivity contribution in [3.05, 3.63) is 71.6 Å². The number of hydrogen-bond donors (Lipinski definition) is 1. The van der Waals surface area contributed by atoms with Gasteiger partial charge in [0.25, 0.3) is 0 Å². The lowest BCUT2D eigenvalue weighted by Crippen LogP contribution is -2.58. The van der Waals surface area contributed by atoms with E-state index in [-0.39, 0.29) is 42.2 Å². The summed E-state index contributed by atoms with van der Waals surface area (Å²) < 4.78 is 62.5. The number of carbonyl (C=O) groups is 2. The number of halogens is 2. The molecule has 2 amide bonds. The number of piperidine rings is 2. The highest BCUT2D eigenvalue weighted by atomic mass is 32.2. The Morgan fingerprint density at radius 1 is 0.815 bits per heavy atom. The lowest BCUT2D eigenvalue weighted by atomic mass is 9.58. The lowest BCUT2D eigenvalue weighted by Gasteiger charge is -2.52. The standard InChI is InChI=1S/C50H71F2N7O5S/c1-64-49(61)53-46-13-8-12-45(46)50(36-56-21-5-6-22-56,40-10-7-11-41(51)27-40)39-17-24-55(25-18-39)28-37-29-58(30-37)43-15-16-47(38(26-43)31-57-32-42(52)33-57)65(62,63)44-34-59(35-44)48(60)14-9-23-54-19-3-2-4-20-54/h7,9-11,14-16,26-27,37,39,42,44-46H,2-6,8,12-13,17-25,28-36H2,1H3,(H,53,61)/b14-9+/t45-,46-,50-/m0/s1. The number of nitrogens with one attached hydrogen (secondary N) is 1. The molecule has 15 heteroatoms. The van der Waals surface area contributed by atoms with Crippen LogP contribution in [0.1, 0.15) is 75.3 Å². The second-order valence-corrected chi connectivity index (χ2v) is 22.6. The molecule has 1 N–H and O–H groups in total. The fraction of sp³-hybridized carbons (Fsp3) is 0.680. The molecule has 6 heterocycles. The van der Waals surface area contributed by atoms with Crippen molar-refractivity contribution in [3.8, 4) is 0 Å². The number of rotatable bonds is 16. The molecular formula is C50H71F2N7O5S. The molecule has 356 valence electrons. The van der Waals surface area contributed by atoms with Crippen LogP contribution in [0.3, 0.4) is 0 Å². The summed E-state index contributed by atoms with van der Waals surface area (Å²) >= 11 is 0. The van der Waals surface area contributed by atoms with Crippen molar-refractivity contribution in [2.45, 2.75) is 98.5 Å². The van der Waals surface area contributed by atoms with Crippen LogP contribution in [0.25, 0.3) is 0 Å². The van der Waals surface area contributed by atoms with Gasteiger partial charge >= 0.3 is 6.09 Å². The zero-order chi connectivity index (χ0) is 45.1. The SMILES string of the molecule is COC(=O)N[C@H]1CCC[C@@H]1[C@](CN1CCCC1)(c1cccc(F)c1)C1CCN(CC2CN(c3ccc(S(=O)(=O)C4CN(C(=O)/C=C/CN5CCCCC5)C4)c(CN4CC(F)C4)c3)C2)CC1. The Morgan fingerprint density at radius 2 is 1.54 bits per heavy atom. The van der Waals surface area contributed by atoms with E-state index in [1.807, 2.05) is 29.2 Å². The van der Waals surface area contributed by atoms with Gasteiger partial charge in [0.2, 0.25) is 5.91 Å². The Balaban J connectivity index is 0.834. The smallest absolute Gasteiger partial charge is 0.407 e. The first kappa shape index (κ1) is 46.5. The summed E-state index contributed by atoms with van der Waals surface area (Å²) in [5.74, 6) is 0.607. The molecule has 2 aromatic rings. The number of anilines is 1. The maximum Gasteiger partial charge on any atom is 0.407 e. The normalized spacial score (nSPS) is 26.0. The van der Waals surface area contributed by atoms with Crippen molar-refractivity contribution in [1.29, 1.82) is 0 Å². The number of hydrogen-bond acceptors (Lipinski definition) is 10. The molecule has 1 aliphatic carbocycles. The van der Waals surface area contributed by atoms with Gasteiger partial charge in [0.05, 0.1) is 12.0 Å². The highest BCUT2D eigenvalue weighted by molar-refractivity contribution is 7.92. The molecule has 1 saturated carbocycles. The molecule has 0 unspecified atom stereocenters. The summed E-state index contributed by atoms with van der Waals surface area (Å²) in [5.41, 5.74) is 2.44. The second kappa shape index (κ2) is 20.3. The minimum absolute atomic E-state index is 0.0330. The number of ether oxygens (including phenoxy) is 1. The number of amides is 2. The van der Waals surface area contributed by atoms with E-state index in [0.29, 0.717) is 41.9 Å². The average Bonchev–Trinajstić information content (AvgIpc) is 3.96. The van der Waals surface area contributed by atoms with E-state index in [1.165, 1.54) is 39.2 Å². The highest BCUT2D eigenvalue weighted by Crippen LogP contribution is 2.51. The molecule has 3 atom stereocenters. The third-order valence-corrected chi connectivity index (χ3v) is 18.4. The molecule has 7 aliphatic rings. The van der Waals surface area contributed by atoms with E-state index in [0.717, 1.165) is 115 Å². The van der Waals surface area contributed by atoms with Crippen LogP contribution >= 0.6 is 0 Å². The molecule has 9 rings (SSSR count). The third-order valence-electron chi connectivity index (χ3n) is 16.2. The van der Waals surface area contributed by atoms with Gasteiger partial charge in [-0.1, -0.05) is 31.1 Å². The summed E-state index contributed by atoms with van der Waals surface area (Å²) in [5, 5.41) is 2.55. The van der Waals surface area contributed by atoms with Crippen LogP contribution in [0.15, 0.2) is 59.5 Å². The molecule has 65 heavy (non-hydrogen) atoms. The van der Waals surface area contributed by atoms with Crippen molar-refractivity contribution in [2.75, 3.05) is 110 Å².